The molecule has 1 aliphatic rings. The second kappa shape index (κ2) is 7.27. The molecule has 0 N–H and O–H groups in total. The van der Waals surface area contributed by atoms with Crippen LogP contribution in [-0.4, -0.2) is 46.8 Å². The number of nitrogens with zero attached hydrogens (tertiary/aromatic N) is 2. The number of carbonyl (C=O) groups excluding carboxylic acids is 2. The highest BCUT2D eigenvalue weighted by molar-refractivity contribution is 7.12. The largest absolute Gasteiger partial charge is 0.337 e. The van der Waals surface area contributed by atoms with Gasteiger partial charge >= 0.3 is 0 Å². The minimum atomic E-state index is -0.0353. The van der Waals surface area contributed by atoms with Crippen molar-refractivity contribution in [3.63, 3.8) is 0 Å². The lowest BCUT2D eigenvalue weighted by Gasteiger charge is -2.43. The summed E-state index contributed by atoms with van der Waals surface area (Å²) < 4.78 is 0. The molecular formula is C17H26N2O2S. The zero-order chi connectivity index (χ0) is 16.3. The Morgan fingerprint density at radius 2 is 1.86 bits per heavy atom. The third kappa shape index (κ3) is 3.35. The van der Waals surface area contributed by atoms with Crippen LogP contribution in [0, 0.1) is 5.92 Å². The second-order valence-corrected chi connectivity index (χ2v) is 7.09. The maximum atomic E-state index is 12.8. The van der Waals surface area contributed by atoms with Gasteiger partial charge in [-0.3, -0.25) is 9.59 Å². The first-order valence-electron chi connectivity index (χ1n) is 8.14. The average Bonchev–Trinajstić information content (AvgIpc) is 2.99. The van der Waals surface area contributed by atoms with Crippen molar-refractivity contribution in [1.29, 1.82) is 0 Å². The monoisotopic (exact) mass is 322 g/mol. The van der Waals surface area contributed by atoms with Gasteiger partial charge in [0, 0.05) is 25.2 Å². The van der Waals surface area contributed by atoms with Gasteiger partial charge in [0.05, 0.1) is 10.8 Å². The van der Waals surface area contributed by atoms with E-state index in [0.717, 1.165) is 17.7 Å². The van der Waals surface area contributed by atoms with E-state index in [2.05, 4.69) is 27.7 Å². The van der Waals surface area contributed by atoms with Gasteiger partial charge in [-0.2, -0.15) is 0 Å². The van der Waals surface area contributed by atoms with Crippen LogP contribution in [0.5, 0.6) is 0 Å². The van der Waals surface area contributed by atoms with Gasteiger partial charge in [-0.25, -0.2) is 0 Å². The summed E-state index contributed by atoms with van der Waals surface area (Å²) in [5.74, 6) is 0.225. The van der Waals surface area contributed by atoms with Crippen molar-refractivity contribution in [3.8, 4) is 0 Å². The normalized spacial score (nSPS) is 17.7. The van der Waals surface area contributed by atoms with Crippen molar-refractivity contribution in [2.45, 2.75) is 52.6 Å². The van der Waals surface area contributed by atoms with Crippen LogP contribution in [0.4, 0.5) is 0 Å². The summed E-state index contributed by atoms with van der Waals surface area (Å²) in [6, 6.07) is 4.23. The molecule has 0 spiro atoms. The van der Waals surface area contributed by atoms with Crippen LogP contribution >= 0.6 is 11.3 Å². The molecule has 122 valence electrons. The SMILES string of the molecule is CCC(C)N(C(=O)C1CN(C(=O)c2cccs2)C1)C(C)CC. The summed E-state index contributed by atoms with van der Waals surface area (Å²) >= 11 is 1.46. The smallest absolute Gasteiger partial charge is 0.263 e. The Kier molecular flexibility index (Phi) is 5.62. The van der Waals surface area contributed by atoms with Gasteiger partial charge in [-0.1, -0.05) is 19.9 Å². The van der Waals surface area contributed by atoms with Gasteiger partial charge in [-0.15, -0.1) is 11.3 Å². The number of thiophene rings is 1. The van der Waals surface area contributed by atoms with E-state index in [1.54, 1.807) is 4.90 Å². The molecule has 2 unspecified atom stereocenters. The van der Waals surface area contributed by atoms with Crippen LogP contribution in [0.3, 0.4) is 0 Å². The predicted octanol–water partition coefficient (Wildman–Crippen LogP) is 3.25. The van der Waals surface area contributed by atoms with Crippen LogP contribution < -0.4 is 0 Å². The zero-order valence-corrected chi connectivity index (χ0v) is 14.7. The van der Waals surface area contributed by atoms with Gasteiger partial charge < -0.3 is 9.80 Å². The van der Waals surface area contributed by atoms with Crippen LogP contribution in [0.15, 0.2) is 17.5 Å². The highest BCUT2D eigenvalue weighted by Crippen LogP contribution is 2.25. The molecule has 22 heavy (non-hydrogen) atoms. The van der Waals surface area contributed by atoms with Gasteiger partial charge in [0.15, 0.2) is 0 Å². The first kappa shape index (κ1) is 17.0. The summed E-state index contributed by atoms with van der Waals surface area (Å²) in [5.41, 5.74) is 0. The topological polar surface area (TPSA) is 40.6 Å². The van der Waals surface area contributed by atoms with E-state index in [0.29, 0.717) is 13.1 Å². The molecular weight excluding hydrogens is 296 g/mol. The quantitative estimate of drug-likeness (QED) is 0.806. The first-order chi connectivity index (χ1) is 10.5. The lowest BCUT2D eigenvalue weighted by molar-refractivity contribution is -0.144. The van der Waals surface area contributed by atoms with E-state index in [9.17, 15) is 9.59 Å². The average molecular weight is 322 g/mol. The molecule has 1 fully saturated rings. The fraction of sp³-hybridized carbons (Fsp3) is 0.647. The van der Waals surface area contributed by atoms with Crippen molar-refractivity contribution in [2.75, 3.05) is 13.1 Å². The lowest BCUT2D eigenvalue weighted by Crippen LogP contribution is -2.58. The van der Waals surface area contributed by atoms with Crippen molar-refractivity contribution in [3.05, 3.63) is 22.4 Å². The van der Waals surface area contributed by atoms with Gasteiger partial charge in [-0.05, 0) is 38.1 Å². The Balaban J connectivity index is 1.96. The molecule has 1 aromatic heterocycles. The van der Waals surface area contributed by atoms with E-state index in [-0.39, 0.29) is 29.8 Å². The molecule has 1 aliphatic heterocycles. The van der Waals surface area contributed by atoms with Gasteiger partial charge in [0.1, 0.15) is 0 Å². The van der Waals surface area contributed by atoms with Crippen LogP contribution in [-0.2, 0) is 4.79 Å². The van der Waals surface area contributed by atoms with Crippen molar-refractivity contribution < 1.29 is 9.59 Å². The van der Waals surface area contributed by atoms with Crippen LogP contribution in [0.2, 0.25) is 0 Å². The molecule has 5 heteroatoms. The molecule has 0 radical (unpaired) electrons. The van der Waals surface area contributed by atoms with Gasteiger partial charge in [0.2, 0.25) is 5.91 Å². The van der Waals surface area contributed by atoms with Crippen LogP contribution in [0.1, 0.15) is 50.2 Å². The number of carbonyl (C=O) groups is 2. The Morgan fingerprint density at radius 3 is 2.32 bits per heavy atom. The number of likely N-dealkylation sites (tertiary alicyclic amines) is 1. The summed E-state index contributed by atoms with van der Waals surface area (Å²) in [7, 11) is 0. The number of amides is 2. The highest BCUT2D eigenvalue weighted by atomic mass is 32.1. The Labute approximate surface area is 137 Å². The number of rotatable bonds is 6. The van der Waals surface area contributed by atoms with E-state index in [1.165, 1.54) is 11.3 Å². The first-order valence-corrected chi connectivity index (χ1v) is 9.02. The fourth-order valence-electron chi connectivity index (χ4n) is 2.83. The summed E-state index contributed by atoms with van der Waals surface area (Å²) in [5, 5.41) is 1.91. The van der Waals surface area contributed by atoms with E-state index >= 15 is 0 Å². The van der Waals surface area contributed by atoms with Crippen molar-refractivity contribution >= 4 is 23.2 Å². The molecule has 0 aliphatic carbocycles. The minimum absolute atomic E-state index is 0.0353. The summed E-state index contributed by atoms with van der Waals surface area (Å²) in [4.78, 5) is 29.5. The number of hydrogen-bond donors (Lipinski definition) is 0. The number of hydrogen-bond acceptors (Lipinski definition) is 3. The lowest BCUT2D eigenvalue weighted by atomic mass is 9.95. The van der Waals surface area contributed by atoms with Crippen LogP contribution in [0.25, 0.3) is 0 Å². The molecule has 1 aromatic rings. The maximum Gasteiger partial charge on any atom is 0.263 e. The molecule has 2 atom stereocenters. The molecule has 2 heterocycles. The van der Waals surface area contributed by atoms with Crippen molar-refractivity contribution in [2.24, 2.45) is 5.92 Å². The summed E-state index contributed by atoms with van der Waals surface area (Å²) in [6.07, 6.45) is 1.92. The fourth-order valence-corrected chi connectivity index (χ4v) is 3.52. The van der Waals surface area contributed by atoms with Gasteiger partial charge in [0.25, 0.3) is 5.91 Å². The second-order valence-electron chi connectivity index (χ2n) is 6.14. The standard InChI is InChI=1S/C17H26N2O2S/c1-5-12(3)19(13(4)6-2)16(20)14-10-18(11-14)17(21)15-8-7-9-22-15/h7-9,12-14H,5-6,10-11H2,1-4H3. The molecule has 1 saturated heterocycles. The third-order valence-electron chi connectivity index (χ3n) is 4.64. The van der Waals surface area contributed by atoms with E-state index in [1.807, 2.05) is 22.4 Å². The maximum absolute atomic E-state index is 12.8. The molecule has 2 amide bonds. The molecule has 0 saturated carbocycles. The zero-order valence-electron chi connectivity index (χ0n) is 13.9. The summed E-state index contributed by atoms with van der Waals surface area (Å²) in [6.45, 7) is 9.55. The van der Waals surface area contributed by atoms with Crippen molar-refractivity contribution in [1.82, 2.24) is 9.80 Å². The third-order valence-corrected chi connectivity index (χ3v) is 5.49. The highest BCUT2D eigenvalue weighted by Gasteiger charge is 2.40. The Bertz CT molecular complexity index is 499. The molecule has 4 nitrogen and oxygen atoms in total. The van der Waals surface area contributed by atoms with E-state index in [4.69, 9.17) is 0 Å². The Morgan fingerprint density at radius 1 is 1.27 bits per heavy atom. The molecule has 0 bridgehead atoms. The Hall–Kier alpha value is -1.36. The van der Waals surface area contributed by atoms with E-state index < -0.39 is 0 Å². The molecule has 2 rings (SSSR count). The minimum Gasteiger partial charge on any atom is -0.337 e. The molecule has 0 aromatic carbocycles. The predicted molar refractivity (Wildman–Crippen MR) is 90.1 cm³/mol.